The van der Waals surface area contributed by atoms with Crippen LogP contribution in [0.3, 0.4) is 0 Å². The molecule has 0 unspecified atom stereocenters. The van der Waals surface area contributed by atoms with E-state index in [1.807, 2.05) is 6.92 Å². The number of thiazole rings is 1. The lowest BCUT2D eigenvalue weighted by Gasteiger charge is -1.99. The van der Waals surface area contributed by atoms with Crippen molar-refractivity contribution in [3.8, 4) is 0 Å². The molecule has 0 aliphatic carbocycles. The molecule has 2 aromatic heterocycles. The van der Waals surface area contributed by atoms with Gasteiger partial charge in [0.15, 0.2) is 0 Å². The smallest absolute Gasteiger partial charge is 0.301 e. The van der Waals surface area contributed by atoms with Gasteiger partial charge in [0.05, 0.1) is 11.4 Å². The molecule has 17 heavy (non-hydrogen) atoms. The molecule has 0 atom stereocenters. The van der Waals surface area contributed by atoms with E-state index < -0.39 is 0 Å². The highest BCUT2D eigenvalue weighted by Crippen LogP contribution is 2.22. The number of aryl methyl sites for hydroxylation is 1. The third-order valence-corrected chi connectivity index (χ3v) is 4.15. The standard InChI is InChI=1S/C10H11N3O2S2/c1-6-7(4-8(17-6)9(14)12-11)5-13-2-3-16-10(13)15/h2-4H,5,11H2,1H3,(H,12,14). The topological polar surface area (TPSA) is 77.1 Å². The third kappa shape index (κ3) is 2.46. The van der Waals surface area contributed by atoms with Crippen molar-refractivity contribution in [1.29, 1.82) is 0 Å². The second-order valence-corrected chi connectivity index (χ2v) is 5.58. The molecule has 0 saturated heterocycles. The molecule has 0 saturated carbocycles. The molecule has 0 fully saturated rings. The average Bonchev–Trinajstić information content (AvgIpc) is 2.87. The lowest BCUT2D eigenvalue weighted by atomic mass is 10.2. The maximum absolute atomic E-state index is 11.4. The Morgan fingerprint density at radius 2 is 2.35 bits per heavy atom. The SMILES string of the molecule is Cc1sc(C(=O)NN)cc1Cn1ccsc1=O. The van der Waals surface area contributed by atoms with Crippen molar-refractivity contribution in [1.82, 2.24) is 9.99 Å². The summed E-state index contributed by atoms with van der Waals surface area (Å²) in [5, 5.41) is 1.75. The summed E-state index contributed by atoms with van der Waals surface area (Å²) in [6.45, 7) is 2.41. The Bertz CT molecular complexity index is 597. The number of nitrogen functional groups attached to an aromatic ring is 1. The minimum absolute atomic E-state index is 0.000395. The molecule has 3 N–H and O–H groups in total. The van der Waals surface area contributed by atoms with Crippen LogP contribution in [0.2, 0.25) is 0 Å². The van der Waals surface area contributed by atoms with Crippen LogP contribution in [0, 0.1) is 6.92 Å². The number of amides is 1. The first kappa shape index (κ1) is 12.0. The van der Waals surface area contributed by atoms with Crippen LogP contribution in [-0.4, -0.2) is 10.5 Å². The lowest BCUT2D eigenvalue weighted by Crippen LogP contribution is -2.29. The van der Waals surface area contributed by atoms with Gasteiger partial charge >= 0.3 is 4.87 Å². The van der Waals surface area contributed by atoms with Crippen LogP contribution in [0.25, 0.3) is 0 Å². The van der Waals surface area contributed by atoms with Gasteiger partial charge in [-0.05, 0) is 18.6 Å². The molecular formula is C10H11N3O2S2. The van der Waals surface area contributed by atoms with E-state index in [4.69, 9.17) is 5.84 Å². The van der Waals surface area contributed by atoms with Crippen molar-refractivity contribution in [3.63, 3.8) is 0 Å². The van der Waals surface area contributed by atoms with Gasteiger partial charge < -0.3 is 4.57 Å². The predicted molar refractivity (Wildman–Crippen MR) is 68.4 cm³/mol. The molecule has 2 aromatic rings. The molecule has 0 aromatic carbocycles. The molecule has 5 nitrogen and oxygen atoms in total. The summed E-state index contributed by atoms with van der Waals surface area (Å²) in [5.41, 5.74) is 3.06. The zero-order valence-corrected chi connectivity index (χ0v) is 10.7. The van der Waals surface area contributed by atoms with Crippen LogP contribution in [0.1, 0.15) is 20.1 Å². The van der Waals surface area contributed by atoms with E-state index in [2.05, 4.69) is 5.43 Å². The molecule has 2 rings (SSSR count). The van der Waals surface area contributed by atoms with Crippen LogP contribution in [0.4, 0.5) is 0 Å². The molecule has 0 spiro atoms. The van der Waals surface area contributed by atoms with E-state index in [-0.39, 0.29) is 10.8 Å². The van der Waals surface area contributed by atoms with E-state index in [9.17, 15) is 9.59 Å². The first-order valence-electron chi connectivity index (χ1n) is 4.86. The number of aromatic nitrogens is 1. The van der Waals surface area contributed by atoms with Gasteiger partial charge in [0.25, 0.3) is 5.91 Å². The van der Waals surface area contributed by atoms with Gasteiger partial charge in [-0.1, -0.05) is 11.3 Å². The normalized spacial score (nSPS) is 10.5. The van der Waals surface area contributed by atoms with Crippen LogP contribution < -0.4 is 16.1 Å². The fraction of sp³-hybridized carbons (Fsp3) is 0.200. The maximum Gasteiger partial charge on any atom is 0.307 e. The summed E-state index contributed by atoms with van der Waals surface area (Å²) in [4.78, 5) is 24.3. The third-order valence-electron chi connectivity index (χ3n) is 2.36. The fourth-order valence-corrected chi connectivity index (χ4v) is 2.97. The minimum Gasteiger partial charge on any atom is -0.301 e. The van der Waals surface area contributed by atoms with E-state index in [0.717, 1.165) is 21.8 Å². The van der Waals surface area contributed by atoms with Crippen LogP contribution >= 0.6 is 22.7 Å². The quantitative estimate of drug-likeness (QED) is 0.494. The van der Waals surface area contributed by atoms with Gasteiger partial charge in [-0.3, -0.25) is 15.0 Å². The maximum atomic E-state index is 11.4. The second-order valence-electron chi connectivity index (χ2n) is 3.46. The summed E-state index contributed by atoms with van der Waals surface area (Å²) in [7, 11) is 0. The molecule has 0 radical (unpaired) electrons. The highest BCUT2D eigenvalue weighted by atomic mass is 32.1. The number of nitrogens with one attached hydrogen (secondary N) is 1. The van der Waals surface area contributed by atoms with Gasteiger partial charge in [0, 0.05) is 16.5 Å². The first-order valence-corrected chi connectivity index (χ1v) is 6.55. The predicted octanol–water partition coefficient (Wildman–Crippen LogP) is 0.932. The number of nitrogens with zero attached hydrogens (tertiary/aromatic N) is 1. The van der Waals surface area contributed by atoms with Crippen molar-refractivity contribution in [2.75, 3.05) is 0 Å². The monoisotopic (exact) mass is 269 g/mol. The number of nitrogens with two attached hydrogens (primary N) is 1. The van der Waals surface area contributed by atoms with Gasteiger partial charge in [-0.2, -0.15) is 0 Å². The summed E-state index contributed by atoms with van der Waals surface area (Å²) in [6.07, 6.45) is 1.74. The first-order chi connectivity index (χ1) is 8.11. The number of hydrazine groups is 1. The van der Waals surface area contributed by atoms with Gasteiger partial charge in [-0.15, -0.1) is 11.3 Å². The largest absolute Gasteiger partial charge is 0.307 e. The molecule has 0 aliphatic heterocycles. The summed E-state index contributed by atoms with van der Waals surface area (Å²) in [5.74, 6) is 4.77. The van der Waals surface area contributed by atoms with E-state index in [1.165, 1.54) is 11.3 Å². The number of thiophene rings is 1. The molecule has 1 amide bonds. The minimum atomic E-state index is -0.304. The zero-order valence-electron chi connectivity index (χ0n) is 9.10. The summed E-state index contributed by atoms with van der Waals surface area (Å²) >= 11 is 2.53. The number of hydrogen-bond donors (Lipinski definition) is 2. The Morgan fingerprint density at radius 1 is 1.59 bits per heavy atom. The van der Waals surface area contributed by atoms with Crippen molar-refractivity contribution in [2.45, 2.75) is 13.5 Å². The molecular weight excluding hydrogens is 258 g/mol. The Kier molecular flexibility index (Phi) is 3.41. The van der Waals surface area contributed by atoms with Crippen LogP contribution in [0.5, 0.6) is 0 Å². The zero-order chi connectivity index (χ0) is 12.4. The van der Waals surface area contributed by atoms with E-state index in [0.29, 0.717) is 11.4 Å². The lowest BCUT2D eigenvalue weighted by molar-refractivity contribution is 0.0957. The van der Waals surface area contributed by atoms with E-state index >= 15 is 0 Å². The number of hydrogen-bond acceptors (Lipinski definition) is 5. The van der Waals surface area contributed by atoms with Gasteiger partial charge in [0.1, 0.15) is 0 Å². The van der Waals surface area contributed by atoms with Crippen molar-refractivity contribution < 1.29 is 4.79 Å². The molecule has 0 aliphatic rings. The Labute approximate surface area is 105 Å². The van der Waals surface area contributed by atoms with Crippen LogP contribution in [-0.2, 0) is 6.54 Å². The van der Waals surface area contributed by atoms with Crippen LogP contribution in [0.15, 0.2) is 22.4 Å². The fourth-order valence-electron chi connectivity index (χ4n) is 1.45. The molecule has 0 bridgehead atoms. The highest BCUT2D eigenvalue weighted by Gasteiger charge is 2.12. The number of carbonyl (C=O) groups excluding carboxylic acids is 1. The molecule has 7 heteroatoms. The number of rotatable bonds is 3. The van der Waals surface area contributed by atoms with E-state index in [1.54, 1.807) is 22.2 Å². The Hall–Kier alpha value is -1.44. The molecule has 90 valence electrons. The van der Waals surface area contributed by atoms with Gasteiger partial charge in [-0.25, -0.2) is 5.84 Å². The van der Waals surface area contributed by atoms with Crippen molar-refractivity contribution in [3.05, 3.63) is 42.6 Å². The van der Waals surface area contributed by atoms with Gasteiger partial charge in [0.2, 0.25) is 0 Å². The second kappa shape index (κ2) is 4.82. The van der Waals surface area contributed by atoms with Crippen molar-refractivity contribution >= 4 is 28.6 Å². The van der Waals surface area contributed by atoms with Crippen molar-refractivity contribution in [2.24, 2.45) is 5.84 Å². The Balaban J connectivity index is 2.28. The summed E-state index contributed by atoms with van der Waals surface area (Å²) < 4.78 is 1.61. The highest BCUT2D eigenvalue weighted by molar-refractivity contribution is 7.14. The number of carbonyl (C=O) groups is 1. The Morgan fingerprint density at radius 3 is 2.94 bits per heavy atom. The average molecular weight is 269 g/mol. The molecule has 2 heterocycles. The summed E-state index contributed by atoms with van der Waals surface area (Å²) in [6, 6.07) is 1.77.